The molecule has 1 aliphatic rings. The van der Waals surface area contributed by atoms with Crippen molar-refractivity contribution in [3.63, 3.8) is 0 Å². The summed E-state index contributed by atoms with van der Waals surface area (Å²) in [5, 5.41) is 3.56. The number of para-hydroxylation sites is 1. The number of carbonyl (C=O) groups is 2. The molecule has 0 unspecified atom stereocenters. The zero-order valence-corrected chi connectivity index (χ0v) is 9.10. The standard InChI is InChI=1S/C11H10N2O4/c1-2-16-11(15)10-13-12-9(14)7-5-3-4-6-8(7)17-10/h3-6H,2H2,1H3,(H,12,14). The number of fused-ring (bicyclic) bond motifs is 1. The van der Waals surface area contributed by atoms with Crippen LogP contribution < -0.4 is 10.2 Å². The van der Waals surface area contributed by atoms with Crippen LogP contribution in [-0.4, -0.2) is 24.4 Å². The van der Waals surface area contributed by atoms with E-state index in [-0.39, 0.29) is 18.3 Å². The normalized spacial score (nSPS) is 13.7. The molecule has 0 radical (unpaired) electrons. The van der Waals surface area contributed by atoms with Crippen LogP contribution in [0.3, 0.4) is 0 Å². The van der Waals surface area contributed by atoms with Crippen LogP contribution in [0.2, 0.25) is 0 Å². The van der Waals surface area contributed by atoms with Gasteiger partial charge in [-0.1, -0.05) is 12.1 Å². The molecule has 1 N–H and O–H groups in total. The average molecular weight is 234 g/mol. The van der Waals surface area contributed by atoms with E-state index in [1.165, 1.54) is 0 Å². The molecule has 17 heavy (non-hydrogen) atoms. The molecular weight excluding hydrogens is 224 g/mol. The Labute approximate surface area is 97.2 Å². The van der Waals surface area contributed by atoms with Crippen molar-refractivity contribution in [1.82, 2.24) is 5.43 Å². The number of benzene rings is 1. The van der Waals surface area contributed by atoms with Crippen LogP contribution in [0.25, 0.3) is 0 Å². The zero-order chi connectivity index (χ0) is 12.3. The molecule has 1 aromatic carbocycles. The molecule has 88 valence electrons. The number of carbonyl (C=O) groups excluding carboxylic acids is 2. The lowest BCUT2D eigenvalue weighted by atomic mass is 10.2. The molecule has 0 atom stereocenters. The molecule has 0 aliphatic carbocycles. The van der Waals surface area contributed by atoms with Gasteiger partial charge in [-0.25, -0.2) is 10.2 Å². The van der Waals surface area contributed by atoms with Gasteiger partial charge in [0.1, 0.15) is 5.75 Å². The summed E-state index contributed by atoms with van der Waals surface area (Å²) >= 11 is 0. The summed E-state index contributed by atoms with van der Waals surface area (Å²) in [6, 6.07) is 6.54. The van der Waals surface area contributed by atoms with Gasteiger partial charge in [0.2, 0.25) is 0 Å². The fourth-order valence-electron chi connectivity index (χ4n) is 1.31. The largest absolute Gasteiger partial charge is 0.459 e. The van der Waals surface area contributed by atoms with Crippen molar-refractivity contribution in [3.8, 4) is 5.75 Å². The molecule has 6 nitrogen and oxygen atoms in total. The van der Waals surface area contributed by atoms with Crippen LogP contribution in [-0.2, 0) is 9.53 Å². The van der Waals surface area contributed by atoms with Crippen LogP contribution in [0.4, 0.5) is 0 Å². The van der Waals surface area contributed by atoms with Crippen molar-refractivity contribution in [2.24, 2.45) is 5.10 Å². The predicted octanol–water partition coefficient (Wildman–Crippen LogP) is 0.685. The number of ether oxygens (including phenoxy) is 2. The molecule has 1 heterocycles. The molecule has 0 spiro atoms. The highest BCUT2D eigenvalue weighted by atomic mass is 16.6. The van der Waals surface area contributed by atoms with Gasteiger partial charge in [0, 0.05) is 0 Å². The quantitative estimate of drug-likeness (QED) is 0.763. The number of esters is 1. The molecule has 2 rings (SSSR count). The van der Waals surface area contributed by atoms with Crippen LogP contribution in [0.5, 0.6) is 5.75 Å². The Morgan fingerprint density at radius 3 is 3.00 bits per heavy atom. The number of hydrogen-bond donors (Lipinski definition) is 1. The lowest BCUT2D eigenvalue weighted by Gasteiger charge is -2.06. The van der Waals surface area contributed by atoms with Crippen LogP contribution in [0.15, 0.2) is 29.4 Å². The Morgan fingerprint density at radius 1 is 1.47 bits per heavy atom. The molecule has 0 bridgehead atoms. The monoisotopic (exact) mass is 234 g/mol. The second-order valence-electron chi connectivity index (χ2n) is 3.18. The third kappa shape index (κ3) is 2.25. The summed E-state index contributed by atoms with van der Waals surface area (Å²) in [5.41, 5.74) is 2.53. The summed E-state index contributed by atoms with van der Waals surface area (Å²) in [4.78, 5) is 23.0. The van der Waals surface area contributed by atoms with Gasteiger partial charge in [-0.3, -0.25) is 4.79 Å². The smallest absolute Gasteiger partial charge is 0.396 e. The summed E-state index contributed by atoms with van der Waals surface area (Å²) < 4.78 is 9.97. The van der Waals surface area contributed by atoms with Gasteiger partial charge in [0.25, 0.3) is 5.91 Å². The molecule has 0 saturated heterocycles. The Kier molecular flexibility index (Phi) is 3.04. The molecule has 0 saturated carbocycles. The highest BCUT2D eigenvalue weighted by Crippen LogP contribution is 2.19. The third-order valence-corrected chi connectivity index (χ3v) is 2.05. The van der Waals surface area contributed by atoms with E-state index in [1.807, 2.05) is 0 Å². The van der Waals surface area contributed by atoms with Gasteiger partial charge in [-0.2, -0.15) is 0 Å². The fraction of sp³-hybridized carbons (Fsp3) is 0.182. The van der Waals surface area contributed by atoms with E-state index < -0.39 is 11.9 Å². The van der Waals surface area contributed by atoms with Gasteiger partial charge in [0.15, 0.2) is 0 Å². The van der Waals surface area contributed by atoms with Crippen molar-refractivity contribution >= 4 is 17.8 Å². The lowest BCUT2D eigenvalue weighted by molar-refractivity contribution is -0.136. The molecule has 1 aliphatic heterocycles. The Hall–Kier alpha value is -2.37. The minimum absolute atomic E-state index is 0.205. The van der Waals surface area contributed by atoms with Crippen LogP contribution in [0.1, 0.15) is 17.3 Å². The van der Waals surface area contributed by atoms with Gasteiger partial charge < -0.3 is 9.47 Å². The van der Waals surface area contributed by atoms with E-state index in [2.05, 4.69) is 10.5 Å². The molecule has 0 fully saturated rings. The first-order valence-electron chi connectivity index (χ1n) is 5.04. The van der Waals surface area contributed by atoms with E-state index in [0.717, 1.165) is 0 Å². The van der Waals surface area contributed by atoms with Gasteiger partial charge in [-0.05, 0) is 19.1 Å². The SMILES string of the molecule is CCOC(=O)C1=NNC(=O)c2ccccc2O1. The van der Waals surface area contributed by atoms with E-state index in [0.29, 0.717) is 5.56 Å². The summed E-state index contributed by atoms with van der Waals surface area (Å²) in [5.74, 6) is -1.16. The Morgan fingerprint density at radius 2 is 2.24 bits per heavy atom. The maximum absolute atomic E-state index is 11.6. The number of nitrogens with zero attached hydrogens (tertiary/aromatic N) is 1. The van der Waals surface area contributed by atoms with Crippen molar-refractivity contribution < 1.29 is 19.1 Å². The van der Waals surface area contributed by atoms with Gasteiger partial charge in [0.05, 0.1) is 12.2 Å². The molecule has 6 heteroatoms. The predicted molar refractivity (Wildman–Crippen MR) is 58.6 cm³/mol. The maximum atomic E-state index is 11.6. The second kappa shape index (κ2) is 4.65. The fourth-order valence-corrected chi connectivity index (χ4v) is 1.31. The average Bonchev–Trinajstić information content (AvgIpc) is 2.50. The van der Waals surface area contributed by atoms with E-state index in [1.54, 1.807) is 31.2 Å². The van der Waals surface area contributed by atoms with Crippen LogP contribution >= 0.6 is 0 Å². The third-order valence-electron chi connectivity index (χ3n) is 2.05. The zero-order valence-electron chi connectivity index (χ0n) is 9.10. The summed E-state index contributed by atoms with van der Waals surface area (Å²) in [6.07, 6.45) is 0. The van der Waals surface area contributed by atoms with Gasteiger partial charge >= 0.3 is 11.9 Å². The van der Waals surface area contributed by atoms with Crippen molar-refractivity contribution in [3.05, 3.63) is 29.8 Å². The number of nitrogens with one attached hydrogen (secondary N) is 1. The molecular formula is C11H10N2O4. The van der Waals surface area contributed by atoms with Crippen molar-refractivity contribution in [2.45, 2.75) is 6.92 Å². The highest BCUT2D eigenvalue weighted by molar-refractivity contribution is 6.33. The summed E-state index contributed by atoms with van der Waals surface area (Å²) in [6.45, 7) is 1.87. The van der Waals surface area contributed by atoms with E-state index >= 15 is 0 Å². The Bertz CT molecular complexity index is 496. The maximum Gasteiger partial charge on any atom is 0.396 e. The van der Waals surface area contributed by atoms with Crippen LogP contribution in [0, 0.1) is 0 Å². The first-order chi connectivity index (χ1) is 8.22. The van der Waals surface area contributed by atoms with Crippen molar-refractivity contribution in [2.75, 3.05) is 6.61 Å². The first-order valence-corrected chi connectivity index (χ1v) is 5.04. The topological polar surface area (TPSA) is 77.0 Å². The Balaban J connectivity index is 2.31. The minimum Gasteiger partial charge on any atom is -0.459 e. The number of hydrazone groups is 1. The number of rotatable bonds is 2. The first kappa shape index (κ1) is 11.1. The molecule has 1 aromatic rings. The van der Waals surface area contributed by atoms with Gasteiger partial charge in [-0.15, -0.1) is 5.10 Å². The minimum atomic E-state index is -0.718. The van der Waals surface area contributed by atoms with E-state index in [9.17, 15) is 9.59 Å². The molecule has 1 amide bonds. The summed E-state index contributed by atoms with van der Waals surface area (Å²) in [7, 11) is 0. The number of amides is 1. The molecule has 0 aromatic heterocycles. The lowest BCUT2D eigenvalue weighted by Crippen LogP contribution is -2.25. The van der Waals surface area contributed by atoms with E-state index in [4.69, 9.17) is 9.47 Å². The second-order valence-corrected chi connectivity index (χ2v) is 3.18. The number of hydrogen-bond acceptors (Lipinski definition) is 5. The highest BCUT2D eigenvalue weighted by Gasteiger charge is 2.23. The van der Waals surface area contributed by atoms with Crippen molar-refractivity contribution in [1.29, 1.82) is 0 Å².